The summed E-state index contributed by atoms with van der Waals surface area (Å²) in [4.78, 5) is 12.4. The Morgan fingerprint density at radius 1 is 1.40 bits per heavy atom. The molecular formula is C7H16N2O. The van der Waals surface area contributed by atoms with Gasteiger partial charge in [0.15, 0.2) is 0 Å². The van der Waals surface area contributed by atoms with E-state index in [4.69, 9.17) is 0 Å². The van der Waals surface area contributed by atoms with Crippen LogP contribution in [0.15, 0.2) is 0 Å². The molecule has 10 heavy (non-hydrogen) atoms. The van der Waals surface area contributed by atoms with Crippen molar-refractivity contribution in [2.75, 3.05) is 20.1 Å². The third kappa shape index (κ3) is 2.25. The Balaban J connectivity index is 0.000000371. The second-order valence-electron chi connectivity index (χ2n) is 1.90. The van der Waals surface area contributed by atoms with Crippen LogP contribution < -0.4 is 5.32 Å². The predicted molar refractivity (Wildman–Crippen MR) is 42.0 cm³/mol. The van der Waals surface area contributed by atoms with Crippen molar-refractivity contribution in [2.24, 2.45) is 0 Å². The molecule has 1 rings (SSSR count). The zero-order valence-electron chi connectivity index (χ0n) is 6.98. The fraction of sp³-hybridized carbons (Fsp3) is 0.857. The number of rotatable bonds is 0. The molecule has 1 fully saturated rings. The minimum Gasteiger partial charge on any atom is -0.341 e. The van der Waals surface area contributed by atoms with Crippen molar-refractivity contribution >= 4 is 6.03 Å². The van der Waals surface area contributed by atoms with E-state index in [0.717, 1.165) is 19.5 Å². The van der Waals surface area contributed by atoms with Crippen LogP contribution >= 0.6 is 0 Å². The second kappa shape index (κ2) is 5.09. The molecule has 0 unspecified atom stereocenters. The summed E-state index contributed by atoms with van der Waals surface area (Å²) in [6, 6.07) is 0.0521. The minimum atomic E-state index is 0.0521. The third-order valence-electron chi connectivity index (χ3n) is 1.36. The van der Waals surface area contributed by atoms with Crippen molar-refractivity contribution in [3.8, 4) is 0 Å². The molecule has 0 spiro atoms. The summed E-state index contributed by atoms with van der Waals surface area (Å²) in [6.45, 7) is 5.86. The van der Waals surface area contributed by atoms with Gasteiger partial charge in [0.25, 0.3) is 0 Å². The molecule has 0 radical (unpaired) electrons. The van der Waals surface area contributed by atoms with Gasteiger partial charge >= 0.3 is 6.03 Å². The van der Waals surface area contributed by atoms with Gasteiger partial charge in [-0.05, 0) is 6.42 Å². The highest BCUT2D eigenvalue weighted by atomic mass is 16.2. The summed E-state index contributed by atoms with van der Waals surface area (Å²) >= 11 is 0. The Morgan fingerprint density at radius 2 is 1.90 bits per heavy atom. The lowest BCUT2D eigenvalue weighted by Crippen LogP contribution is -2.46. The topological polar surface area (TPSA) is 32.3 Å². The van der Waals surface area contributed by atoms with Crippen LogP contribution in [0.4, 0.5) is 4.79 Å². The number of hydrogen-bond donors (Lipinski definition) is 1. The van der Waals surface area contributed by atoms with E-state index in [-0.39, 0.29) is 6.03 Å². The molecule has 1 aliphatic rings. The molecule has 0 aromatic rings. The molecule has 0 aliphatic carbocycles. The van der Waals surface area contributed by atoms with Crippen LogP contribution in [0, 0.1) is 0 Å². The molecule has 3 nitrogen and oxygen atoms in total. The van der Waals surface area contributed by atoms with E-state index in [2.05, 4.69) is 5.32 Å². The normalized spacial score (nSPS) is 14.5. The standard InChI is InChI=1S/C5H10N2O.C2H6/c1-6-5(8)7-3-2-4-7;1-2/h2-4H2,1H3,(H,6,8);1-2H3. The molecule has 0 bridgehead atoms. The molecule has 0 atom stereocenters. The van der Waals surface area contributed by atoms with E-state index in [1.165, 1.54) is 0 Å². The minimum absolute atomic E-state index is 0.0521. The smallest absolute Gasteiger partial charge is 0.317 e. The number of carbonyl (C=O) groups excluding carboxylic acids is 1. The van der Waals surface area contributed by atoms with Gasteiger partial charge in [-0.3, -0.25) is 0 Å². The van der Waals surface area contributed by atoms with Gasteiger partial charge in [-0.25, -0.2) is 4.79 Å². The van der Waals surface area contributed by atoms with Gasteiger partial charge in [0.05, 0.1) is 0 Å². The first-order valence-electron chi connectivity index (χ1n) is 3.81. The van der Waals surface area contributed by atoms with Gasteiger partial charge in [-0.15, -0.1) is 0 Å². The third-order valence-corrected chi connectivity index (χ3v) is 1.36. The second-order valence-corrected chi connectivity index (χ2v) is 1.90. The highest BCUT2D eigenvalue weighted by molar-refractivity contribution is 5.74. The Hall–Kier alpha value is -0.730. The van der Waals surface area contributed by atoms with Crippen LogP contribution in [0.2, 0.25) is 0 Å². The maximum atomic E-state index is 10.6. The Kier molecular flexibility index (Phi) is 4.72. The van der Waals surface area contributed by atoms with Gasteiger partial charge in [-0.1, -0.05) is 13.8 Å². The summed E-state index contributed by atoms with van der Waals surface area (Å²) in [5, 5.41) is 2.55. The highest BCUT2D eigenvalue weighted by Crippen LogP contribution is 2.03. The number of hydrogen-bond acceptors (Lipinski definition) is 1. The molecule has 0 aromatic carbocycles. The lowest BCUT2D eigenvalue weighted by Gasteiger charge is -2.29. The lowest BCUT2D eigenvalue weighted by atomic mass is 10.2. The maximum absolute atomic E-state index is 10.6. The SMILES string of the molecule is CC.CNC(=O)N1CCC1. The average molecular weight is 144 g/mol. The predicted octanol–water partition coefficient (Wildman–Crippen LogP) is 1.06. The number of likely N-dealkylation sites (tertiary alicyclic amines) is 1. The van der Waals surface area contributed by atoms with E-state index in [0.29, 0.717) is 0 Å². The van der Waals surface area contributed by atoms with Gasteiger partial charge in [0.2, 0.25) is 0 Å². The quantitative estimate of drug-likeness (QED) is 0.541. The number of nitrogens with one attached hydrogen (secondary N) is 1. The van der Waals surface area contributed by atoms with Crippen LogP contribution in [0.5, 0.6) is 0 Å². The van der Waals surface area contributed by atoms with Crippen molar-refractivity contribution in [3.63, 3.8) is 0 Å². The molecule has 1 N–H and O–H groups in total. The van der Waals surface area contributed by atoms with E-state index in [1.807, 2.05) is 13.8 Å². The van der Waals surface area contributed by atoms with E-state index in [9.17, 15) is 4.79 Å². The molecule has 0 aromatic heterocycles. The number of amides is 2. The summed E-state index contributed by atoms with van der Waals surface area (Å²) in [7, 11) is 1.65. The summed E-state index contributed by atoms with van der Waals surface area (Å²) in [6.07, 6.45) is 1.16. The van der Waals surface area contributed by atoms with Crippen molar-refractivity contribution in [3.05, 3.63) is 0 Å². The van der Waals surface area contributed by atoms with Crippen LogP contribution in [-0.2, 0) is 0 Å². The number of nitrogens with zero attached hydrogens (tertiary/aromatic N) is 1. The monoisotopic (exact) mass is 144 g/mol. The summed E-state index contributed by atoms with van der Waals surface area (Å²) < 4.78 is 0. The molecule has 60 valence electrons. The van der Waals surface area contributed by atoms with Crippen LogP contribution in [0.3, 0.4) is 0 Å². The number of urea groups is 1. The zero-order valence-corrected chi connectivity index (χ0v) is 6.98. The van der Waals surface area contributed by atoms with E-state index >= 15 is 0 Å². The lowest BCUT2D eigenvalue weighted by molar-refractivity contribution is 0.170. The Bertz CT molecular complexity index is 99.8. The maximum Gasteiger partial charge on any atom is 0.317 e. The largest absolute Gasteiger partial charge is 0.341 e. The summed E-state index contributed by atoms with van der Waals surface area (Å²) in [5.74, 6) is 0. The molecule has 0 saturated carbocycles. The van der Waals surface area contributed by atoms with Crippen molar-refractivity contribution < 1.29 is 4.79 Å². The van der Waals surface area contributed by atoms with Crippen LogP contribution in [0.1, 0.15) is 20.3 Å². The molecule has 2 amide bonds. The Morgan fingerprint density at radius 3 is 2.00 bits per heavy atom. The van der Waals surface area contributed by atoms with Crippen LogP contribution in [-0.4, -0.2) is 31.1 Å². The molecule has 3 heteroatoms. The average Bonchev–Trinajstić information content (AvgIpc) is 1.89. The molecule has 1 heterocycles. The number of carbonyl (C=O) groups is 1. The van der Waals surface area contributed by atoms with Gasteiger partial charge in [0.1, 0.15) is 0 Å². The first kappa shape index (κ1) is 9.27. The van der Waals surface area contributed by atoms with Gasteiger partial charge < -0.3 is 10.2 Å². The van der Waals surface area contributed by atoms with Crippen molar-refractivity contribution in [1.82, 2.24) is 10.2 Å². The van der Waals surface area contributed by atoms with Crippen LogP contribution in [0.25, 0.3) is 0 Å². The fourth-order valence-electron chi connectivity index (χ4n) is 0.677. The first-order valence-corrected chi connectivity index (χ1v) is 3.81. The Labute approximate surface area is 62.4 Å². The summed E-state index contributed by atoms with van der Waals surface area (Å²) in [5.41, 5.74) is 0. The van der Waals surface area contributed by atoms with E-state index < -0.39 is 0 Å². The fourth-order valence-corrected chi connectivity index (χ4v) is 0.677. The van der Waals surface area contributed by atoms with Crippen molar-refractivity contribution in [2.45, 2.75) is 20.3 Å². The zero-order chi connectivity index (χ0) is 7.98. The molecule has 1 saturated heterocycles. The molecule has 1 aliphatic heterocycles. The highest BCUT2D eigenvalue weighted by Gasteiger charge is 2.17. The molecular weight excluding hydrogens is 128 g/mol. The van der Waals surface area contributed by atoms with E-state index in [1.54, 1.807) is 11.9 Å². The first-order chi connectivity index (χ1) is 4.84. The van der Waals surface area contributed by atoms with Crippen molar-refractivity contribution in [1.29, 1.82) is 0 Å². The van der Waals surface area contributed by atoms with Gasteiger partial charge in [0, 0.05) is 20.1 Å². The van der Waals surface area contributed by atoms with Gasteiger partial charge in [-0.2, -0.15) is 0 Å².